The number of esters is 1. The molecule has 0 fully saturated rings. The van der Waals surface area contributed by atoms with Gasteiger partial charge in [-0.15, -0.1) is 0 Å². The highest BCUT2D eigenvalue weighted by molar-refractivity contribution is 9.10. The standard InChI is InChI=1S/C22H18BrNO4/c1-27-17-13-11-16(12-14-17)24-21(25)20(15-7-3-2-4-8-15)28-22(26)18-9-5-6-10-19(18)23/h2-14,20H,1H3,(H,24,25). The van der Waals surface area contributed by atoms with Gasteiger partial charge in [-0.05, 0) is 52.3 Å². The largest absolute Gasteiger partial charge is 0.497 e. The van der Waals surface area contributed by atoms with Gasteiger partial charge in [0.15, 0.2) is 0 Å². The minimum Gasteiger partial charge on any atom is -0.497 e. The van der Waals surface area contributed by atoms with Crippen LogP contribution in [0.1, 0.15) is 22.0 Å². The van der Waals surface area contributed by atoms with Crippen LogP contribution in [-0.2, 0) is 9.53 Å². The van der Waals surface area contributed by atoms with E-state index < -0.39 is 18.0 Å². The second-order valence-electron chi connectivity index (χ2n) is 5.89. The van der Waals surface area contributed by atoms with Gasteiger partial charge in [-0.25, -0.2) is 4.79 Å². The van der Waals surface area contributed by atoms with Crippen molar-refractivity contribution in [2.45, 2.75) is 6.10 Å². The fourth-order valence-electron chi connectivity index (χ4n) is 2.58. The van der Waals surface area contributed by atoms with Crippen molar-refractivity contribution >= 4 is 33.5 Å². The van der Waals surface area contributed by atoms with E-state index in [2.05, 4.69) is 21.2 Å². The van der Waals surface area contributed by atoms with Gasteiger partial charge in [-0.2, -0.15) is 0 Å². The molecule has 1 atom stereocenters. The second kappa shape index (κ2) is 9.19. The van der Waals surface area contributed by atoms with Crippen LogP contribution >= 0.6 is 15.9 Å². The number of benzene rings is 3. The van der Waals surface area contributed by atoms with E-state index in [0.717, 1.165) is 0 Å². The molecule has 3 rings (SSSR count). The summed E-state index contributed by atoms with van der Waals surface area (Å²) in [6, 6.07) is 22.7. The van der Waals surface area contributed by atoms with Crippen molar-refractivity contribution in [1.82, 2.24) is 0 Å². The van der Waals surface area contributed by atoms with Gasteiger partial charge in [0.25, 0.3) is 5.91 Å². The van der Waals surface area contributed by atoms with Crippen molar-refractivity contribution in [1.29, 1.82) is 0 Å². The molecule has 1 N–H and O–H groups in total. The van der Waals surface area contributed by atoms with E-state index in [-0.39, 0.29) is 0 Å². The Hall–Kier alpha value is -3.12. The van der Waals surface area contributed by atoms with Crippen LogP contribution in [0.5, 0.6) is 5.75 Å². The van der Waals surface area contributed by atoms with Crippen LogP contribution in [0.2, 0.25) is 0 Å². The number of halogens is 1. The summed E-state index contributed by atoms with van der Waals surface area (Å²) in [6.45, 7) is 0. The number of carbonyl (C=O) groups excluding carboxylic acids is 2. The Morgan fingerprint density at radius 3 is 2.18 bits per heavy atom. The lowest BCUT2D eigenvalue weighted by Gasteiger charge is -2.18. The molecule has 3 aromatic carbocycles. The van der Waals surface area contributed by atoms with Gasteiger partial charge in [0.2, 0.25) is 6.10 Å². The van der Waals surface area contributed by atoms with Crippen LogP contribution in [0.15, 0.2) is 83.3 Å². The van der Waals surface area contributed by atoms with E-state index in [4.69, 9.17) is 9.47 Å². The average Bonchev–Trinajstić information content (AvgIpc) is 2.73. The molecule has 5 nitrogen and oxygen atoms in total. The number of hydrogen-bond donors (Lipinski definition) is 1. The molecule has 0 bridgehead atoms. The molecule has 1 amide bonds. The summed E-state index contributed by atoms with van der Waals surface area (Å²) in [4.78, 5) is 25.5. The molecular formula is C22H18BrNO4. The topological polar surface area (TPSA) is 64.6 Å². The van der Waals surface area contributed by atoms with Crippen LogP contribution < -0.4 is 10.1 Å². The van der Waals surface area contributed by atoms with Crippen molar-refractivity contribution < 1.29 is 19.1 Å². The Bertz CT molecular complexity index is 958. The lowest BCUT2D eigenvalue weighted by molar-refractivity contribution is -0.125. The van der Waals surface area contributed by atoms with Crippen molar-refractivity contribution in [3.05, 3.63) is 94.5 Å². The number of anilines is 1. The third-order valence-electron chi connectivity index (χ3n) is 4.02. The third kappa shape index (κ3) is 4.78. The van der Waals surface area contributed by atoms with Crippen molar-refractivity contribution in [2.24, 2.45) is 0 Å². The van der Waals surface area contributed by atoms with E-state index in [1.165, 1.54) is 0 Å². The van der Waals surface area contributed by atoms with Crippen LogP contribution in [0.25, 0.3) is 0 Å². The number of hydrogen-bond acceptors (Lipinski definition) is 4. The summed E-state index contributed by atoms with van der Waals surface area (Å²) in [6.07, 6.45) is -1.09. The summed E-state index contributed by atoms with van der Waals surface area (Å²) in [5.74, 6) is -0.360. The number of amides is 1. The second-order valence-corrected chi connectivity index (χ2v) is 6.75. The number of ether oxygens (including phenoxy) is 2. The minimum atomic E-state index is -1.09. The average molecular weight is 440 g/mol. The van der Waals surface area contributed by atoms with E-state index in [0.29, 0.717) is 27.0 Å². The lowest BCUT2D eigenvalue weighted by Crippen LogP contribution is -2.26. The molecule has 0 heterocycles. The maximum atomic E-state index is 12.9. The number of rotatable bonds is 6. The van der Waals surface area contributed by atoms with Gasteiger partial charge in [-0.1, -0.05) is 42.5 Å². The number of methoxy groups -OCH3 is 1. The summed E-state index contributed by atoms with van der Waals surface area (Å²) in [5, 5.41) is 2.78. The highest BCUT2D eigenvalue weighted by atomic mass is 79.9. The lowest BCUT2D eigenvalue weighted by atomic mass is 10.1. The molecule has 3 aromatic rings. The first-order valence-corrected chi connectivity index (χ1v) is 9.33. The molecule has 0 aliphatic heterocycles. The fourth-order valence-corrected chi connectivity index (χ4v) is 3.03. The Labute approximate surface area is 171 Å². The zero-order valence-electron chi connectivity index (χ0n) is 15.1. The van der Waals surface area contributed by atoms with Gasteiger partial charge in [0.1, 0.15) is 5.75 Å². The Balaban J connectivity index is 1.83. The number of carbonyl (C=O) groups is 2. The smallest absolute Gasteiger partial charge is 0.340 e. The molecular weight excluding hydrogens is 422 g/mol. The minimum absolute atomic E-state index is 0.348. The highest BCUT2D eigenvalue weighted by Crippen LogP contribution is 2.25. The predicted octanol–water partition coefficient (Wildman–Crippen LogP) is 4.99. The van der Waals surface area contributed by atoms with E-state index in [9.17, 15) is 9.59 Å². The SMILES string of the molecule is COc1ccc(NC(=O)C(OC(=O)c2ccccc2Br)c2ccccc2)cc1. The van der Waals surface area contributed by atoms with Crippen LogP contribution in [0.4, 0.5) is 5.69 Å². The first-order valence-electron chi connectivity index (χ1n) is 8.54. The third-order valence-corrected chi connectivity index (χ3v) is 4.71. The zero-order chi connectivity index (χ0) is 19.9. The van der Waals surface area contributed by atoms with Crippen molar-refractivity contribution in [2.75, 3.05) is 12.4 Å². The molecule has 0 aliphatic carbocycles. The van der Waals surface area contributed by atoms with Gasteiger partial charge >= 0.3 is 5.97 Å². The molecule has 6 heteroatoms. The first-order chi connectivity index (χ1) is 13.6. The fraction of sp³-hybridized carbons (Fsp3) is 0.0909. The van der Waals surface area contributed by atoms with E-state index in [1.807, 2.05) is 6.07 Å². The molecule has 28 heavy (non-hydrogen) atoms. The van der Waals surface area contributed by atoms with Gasteiger partial charge in [-0.3, -0.25) is 4.79 Å². The monoisotopic (exact) mass is 439 g/mol. The highest BCUT2D eigenvalue weighted by Gasteiger charge is 2.26. The van der Waals surface area contributed by atoms with Crippen molar-refractivity contribution in [3.8, 4) is 5.75 Å². The van der Waals surface area contributed by atoms with Gasteiger partial charge in [0.05, 0.1) is 12.7 Å². The summed E-state index contributed by atoms with van der Waals surface area (Å²) in [7, 11) is 1.57. The van der Waals surface area contributed by atoms with Gasteiger partial charge in [0, 0.05) is 15.7 Å². The zero-order valence-corrected chi connectivity index (χ0v) is 16.7. The maximum absolute atomic E-state index is 12.9. The molecule has 142 valence electrons. The number of nitrogens with one attached hydrogen (secondary N) is 1. The van der Waals surface area contributed by atoms with Crippen LogP contribution in [-0.4, -0.2) is 19.0 Å². The van der Waals surface area contributed by atoms with E-state index >= 15 is 0 Å². The Morgan fingerprint density at radius 2 is 1.54 bits per heavy atom. The quantitative estimate of drug-likeness (QED) is 0.549. The maximum Gasteiger partial charge on any atom is 0.340 e. The molecule has 0 aliphatic rings. The first kappa shape index (κ1) is 19.6. The van der Waals surface area contributed by atoms with Crippen molar-refractivity contribution in [3.63, 3.8) is 0 Å². The van der Waals surface area contributed by atoms with Crippen LogP contribution in [0, 0.1) is 0 Å². The Kier molecular flexibility index (Phi) is 6.45. The van der Waals surface area contributed by atoms with E-state index in [1.54, 1.807) is 79.9 Å². The molecule has 0 saturated carbocycles. The molecule has 0 aromatic heterocycles. The molecule has 1 unspecified atom stereocenters. The summed E-state index contributed by atoms with van der Waals surface area (Å²) in [5.41, 5.74) is 1.50. The molecule has 0 saturated heterocycles. The summed E-state index contributed by atoms with van der Waals surface area (Å²) < 4.78 is 11.3. The summed E-state index contributed by atoms with van der Waals surface area (Å²) >= 11 is 3.33. The van der Waals surface area contributed by atoms with Gasteiger partial charge < -0.3 is 14.8 Å². The molecule has 0 spiro atoms. The predicted molar refractivity (Wildman–Crippen MR) is 110 cm³/mol. The molecule has 0 radical (unpaired) electrons. The Morgan fingerprint density at radius 1 is 0.893 bits per heavy atom. The van der Waals surface area contributed by atoms with Crippen LogP contribution in [0.3, 0.4) is 0 Å². The normalized spacial score (nSPS) is 11.4.